The van der Waals surface area contributed by atoms with Crippen molar-refractivity contribution in [1.29, 1.82) is 0 Å². The van der Waals surface area contributed by atoms with E-state index in [1.165, 1.54) is 22.5 Å². The molecular weight excluding hydrogens is 279 g/mol. The van der Waals surface area contributed by atoms with Gasteiger partial charge in [-0.15, -0.1) is 12.4 Å². The fourth-order valence-corrected chi connectivity index (χ4v) is 3.39. The van der Waals surface area contributed by atoms with Crippen molar-refractivity contribution >= 4 is 22.4 Å². The summed E-state index contributed by atoms with van der Waals surface area (Å²) in [6.45, 7) is 0.806. The number of benzene rings is 1. The number of sulfonamides is 1. The summed E-state index contributed by atoms with van der Waals surface area (Å²) in [5.74, 6) is -0.542. The summed E-state index contributed by atoms with van der Waals surface area (Å²) in [4.78, 5) is 0.00738. The first-order valence-electron chi connectivity index (χ1n) is 5.51. The molecule has 0 aromatic heterocycles. The van der Waals surface area contributed by atoms with E-state index in [1.807, 2.05) is 0 Å². The minimum atomic E-state index is -3.57. The summed E-state index contributed by atoms with van der Waals surface area (Å²) in [7, 11) is -3.57. The summed E-state index contributed by atoms with van der Waals surface area (Å²) in [6, 6.07) is 5.15. The molecule has 2 rings (SSSR count). The standard InChI is InChI=1S/C11H15FN2O2S.ClH/c12-9-2-1-3-11(8-9)17(15,16)14-6-4-10(13)5-7-14;/h1-3,8,10H,4-7,13H2;1H. The molecule has 0 atom stereocenters. The minimum absolute atomic E-state index is 0. The quantitative estimate of drug-likeness (QED) is 0.896. The third-order valence-corrected chi connectivity index (χ3v) is 4.83. The van der Waals surface area contributed by atoms with Gasteiger partial charge in [-0.1, -0.05) is 6.07 Å². The molecular formula is C11H16ClFN2O2S. The van der Waals surface area contributed by atoms with E-state index in [0.29, 0.717) is 25.9 Å². The van der Waals surface area contributed by atoms with Crippen molar-refractivity contribution in [3.63, 3.8) is 0 Å². The van der Waals surface area contributed by atoms with Gasteiger partial charge in [0.25, 0.3) is 0 Å². The van der Waals surface area contributed by atoms with Crippen LogP contribution in [0.4, 0.5) is 4.39 Å². The van der Waals surface area contributed by atoms with Crippen molar-refractivity contribution in [1.82, 2.24) is 4.31 Å². The molecule has 0 bridgehead atoms. The topological polar surface area (TPSA) is 63.4 Å². The predicted molar refractivity (Wildman–Crippen MR) is 69.6 cm³/mol. The first kappa shape index (κ1) is 15.4. The Morgan fingerprint density at radius 2 is 1.89 bits per heavy atom. The molecule has 0 amide bonds. The molecule has 1 heterocycles. The van der Waals surface area contributed by atoms with Gasteiger partial charge in [-0.3, -0.25) is 0 Å². The second kappa shape index (κ2) is 5.97. The molecule has 1 aromatic carbocycles. The zero-order valence-corrected chi connectivity index (χ0v) is 11.4. The number of rotatable bonds is 2. The SMILES string of the molecule is Cl.NC1CCN(S(=O)(=O)c2cccc(F)c2)CC1. The Hall–Kier alpha value is -0.690. The smallest absolute Gasteiger partial charge is 0.243 e. The zero-order valence-electron chi connectivity index (χ0n) is 9.75. The third-order valence-electron chi connectivity index (χ3n) is 2.93. The van der Waals surface area contributed by atoms with Crippen molar-refractivity contribution in [2.45, 2.75) is 23.8 Å². The van der Waals surface area contributed by atoms with Crippen LogP contribution in [0.15, 0.2) is 29.2 Å². The van der Waals surface area contributed by atoms with E-state index in [9.17, 15) is 12.8 Å². The van der Waals surface area contributed by atoms with Crippen molar-refractivity contribution in [3.05, 3.63) is 30.1 Å². The predicted octanol–water partition coefficient (Wildman–Crippen LogP) is 1.36. The number of piperidine rings is 1. The van der Waals surface area contributed by atoms with Gasteiger partial charge in [-0.25, -0.2) is 12.8 Å². The van der Waals surface area contributed by atoms with Gasteiger partial charge < -0.3 is 5.73 Å². The van der Waals surface area contributed by atoms with Crippen LogP contribution in [0.2, 0.25) is 0 Å². The Morgan fingerprint density at radius 3 is 2.44 bits per heavy atom. The lowest BCUT2D eigenvalue weighted by Crippen LogP contribution is -2.42. The van der Waals surface area contributed by atoms with Gasteiger partial charge >= 0.3 is 0 Å². The number of nitrogens with two attached hydrogens (primary N) is 1. The van der Waals surface area contributed by atoms with Crippen LogP contribution >= 0.6 is 12.4 Å². The van der Waals surface area contributed by atoms with E-state index in [2.05, 4.69) is 0 Å². The van der Waals surface area contributed by atoms with Crippen molar-refractivity contribution in [2.24, 2.45) is 5.73 Å². The van der Waals surface area contributed by atoms with Crippen LogP contribution in [-0.2, 0) is 10.0 Å². The molecule has 4 nitrogen and oxygen atoms in total. The minimum Gasteiger partial charge on any atom is -0.328 e. The number of halogens is 2. The highest BCUT2D eigenvalue weighted by atomic mass is 35.5. The van der Waals surface area contributed by atoms with Crippen LogP contribution in [0.1, 0.15) is 12.8 Å². The molecule has 1 saturated heterocycles. The maximum atomic E-state index is 13.0. The fourth-order valence-electron chi connectivity index (χ4n) is 1.89. The molecule has 1 aliphatic heterocycles. The van der Waals surface area contributed by atoms with Crippen molar-refractivity contribution < 1.29 is 12.8 Å². The lowest BCUT2D eigenvalue weighted by molar-refractivity contribution is 0.320. The molecule has 0 radical (unpaired) electrons. The highest BCUT2D eigenvalue weighted by Gasteiger charge is 2.28. The molecule has 0 aliphatic carbocycles. The number of hydrogen-bond acceptors (Lipinski definition) is 3. The zero-order chi connectivity index (χ0) is 12.5. The van der Waals surface area contributed by atoms with E-state index in [1.54, 1.807) is 0 Å². The van der Waals surface area contributed by atoms with Gasteiger partial charge in [-0.05, 0) is 31.0 Å². The molecule has 1 aromatic rings. The van der Waals surface area contributed by atoms with Crippen LogP contribution in [0, 0.1) is 5.82 Å². The van der Waals surface area contributed by atoms with E-state index in [0.717, 1.165) is 6.07 Å². The second-order valence-corrected chi connectivity index (χ2v) is 6.14. The molecule has 0 spiro atoms. The van der Waals surface area contributed by atoms with Crippen LogP contribution in [-0.4, -0.2) is 31.9 Å². The van der Waals surface area contributed by atoms with Gasteiger partial charge in [0.15, 0.2) is 0 Å². The lowest BCUT2D eigenvalue weighted by Gasteiger charge is -2.29. The van der Waals surface area contributed by atoms with Gasteiger partial charge in [0.1, 0.15) is 5.82 Å². The molecule has 2 N–H and O–H groups in total. The van der Waals surface area contributed by atoms with Gasteiger partial charge in [0.05, 0.1) is 4.90 Å². The molecule has 0 saturated carbocycles. The Labute approximate surface area is 112 Å². The highest BCUT2D eigenvalue weighted by Crippen LogP contribution is 2.20. The van der Waals surface area contributed by atoms with Crippen LogP contribution in [0.5, 0.6) is 0 Å². The van der Waals surface area contributed by atoms with Crippen molar-refractivity contribution in [3.8, 4) is 0 Å². The Morgan fingerprint density at radius 1 is 1.28 bits per heavy atom. The maximum Gasteiger partial charge on any atom is 0.243 e. The maximum absolute atomic E-state index is 13.0. The average Bonchev–Trinajstić information content (AvgIpc) is 2.29. The highest BCUT2D eigenvalue weighted by molar-refractivity contribution is 7.89. The summed E-state index contributed by atoms with van der Waals surface area (Å²) in [5, 5.41) is 0. The Bertz CT molecular complexity index is 502. The van der Waals surface area contributed by atoms with E-state index < -0.39 is 15.8 Å². The van der Waals surface area contributed by atoms with Crippen LogP contribution < -0.4 is 5.73 Å². The van der Waals surface area contributed by atoms with Crippen molar-refractivity contribution in [2.75, 3.05) is 13.1 Å². The average molecular weight is 295 g/mol. The number of hydrogen-bond donors (Lipinski definition) is 1. The third kappa shape index (κ3) is 3.20. The largest absolute Gasteiger partial charge is 0.328 e. The molecule has 1 fully saturated rings. The van der Waals surface area contributed by atoms with Gasteiger partial charge in [0, 0.05) is 19.1 Å². The Kier molecular flexibility index (Phi) is 5.10. The summed E-state index contributed by atoms with van der Waals surface area (Å²) in [5.41, 5.74) is 5.72. The van der Waals surface area contributed by atoms with Crippen LogP contribution in [0.3, 0.4) is 0 Å². The fraction of sp³-hybridized carbons (Fsp3) is 0.455. The van der Waals surface area contributed by atoms with E-state index in [4.69, 9.17) is 5.73 Å². The van der Waals surface area contributed by atoms with Crippen LogP contribution in [0.25, 0.3) is 0 Å². The van der Waals surface area contributed by atoms with Gasteiger partial charge in [0.2, 0.25) is 10.0 Å². The molecule has 0 unspecified atom stereocenters. The van der Waals surface area contributed by atoms with E-state index >= 15 is 0 Å². The first-order valence-corrected chi connectivity index (χ1v) is 6.95. The molecule has 7 heteroatoms. The summed E-state index contributed by atoms with van der Waals surface area (Å²) in [6.07, 6.45) is 1.29. The second-order valence-electron chi connectivity index (χ2n) is 4.20. The molecule has 102 valence electrons. The summed E-state index contributed by atoms with van der Waals surface area (Å²) < 4.78 is 38.7. The Balaban J connectivity index is 0.00000162. The normalized spacial score (nSPS) is 18.3. The lowest BCUT2D eigenvalue weighted by atomic mass is 10.1. The van der Waals surface area contributed by atoms with E-state index in [-0.39, 0.29) is 23.3 Å². The molecule has 1 aliphatic rings. The summed E-state index contributed by atoms with van der Waals surface area (Å²) >= 11 is 0. The first-order chi connectivity index (χ1) is 8.00. The van der Waals surface area contributed by atoms with Gasteiger partial charge in [-0.2, -0.15) is 4.31 Å². The number of nitrogens with zero attached hydrogens (tertiary/aromatic N) is 1. The monoisotopic (exact) mass is 294 g/mol. The molecule has 18 heavy (non-hydrogen) atoms.